The lowest BCUT2D eigenvalue weighted by atomic mass is 10.5. The van der Waals surface area contributed by atoms with Crippen molar-refractivity contribution in [3.63, 3.8) is 0 Å². The second-order valence-corrected chi connectivity index (χ2v) is 2.64. The molecule has 0 saturated heterocycles. The van der Waals surface area contributed by atoms with Crippen LogP contribution in [0.3, 0.4) is 0 Å². The molecule has 0 fully saturated rings. The highest BCUT2D eigenvalue weighted by Crippen LogP contribution is 2.13. The standard InChI is InChI=1S/C7H8ClN3O2/c1-6-9-5-7(11(12)13)10(6)4-2-3-8/h2-3,5H,4H2,1H3/b3-2-. The molecule has 0 aromatic carbocycles. The average molecular weight is 202 g/mol. The van der Waals surface area contributed by atoms with Gasteiger partial charge in [0.25, 0.3) is 0 Å². The summed E-state index contributed by atoms with van der Waals surface area (Å²) in [6, 6.07) is 0. The molecule has 1 heterocycles. The van der Waals surface area contributed by atoms with Crippen molar-refractivity contribution < 1.29 is 4.92 Å². The van der Waals surface area contributed by atoms with Gasteiger partial charge in [-0.3, -0.25) is 0 Å². The number of halogens is 1. The van der Waals surface area contributed by atoms with Crippen molar-refractivity contribution in [3.05, 3.63) is 33.7 Å². The highest BCUT2D eigenvalue weighted by molar-refractivity contribution is 6.25. The SMILES string of the molecule is Cc1ncc([N+](=O)[O-])n1C/C=C\Cl. The van der Waals surface area contributed by atoms with Gasteiger partial charge in [-0.2, -0.15) is 0 Å². The molecular weight excluding hydrogens is 194 g/mol. The molecule has 1 aromatic heterocycles. The molecule has 13 heavy (non-hydrogen) atoms. The lowest BCUT2D eigenvalue weighted by Gasteiger charge is -1.97. The average Bonchev–Trinajstić information content (AvgIpc) is 2.43. The van der Waals surface area contributed by atoms with Gasteiger partial charge in [0.15, 0.2) is 5.82 Å². The zero-order chi connectivity index (χ0) is 9.84. The van der Waals surface area contributed by atoms with E-state index in [1.54, 1.807) is 13.0 Å². The molecule has 0 aliphatic rings. The van der Waals surface area contributed by atoms with Crippen molar-refractivity contribution in [2.75, 3.05) is 0 Å². The Bertz CT molecular complexity index is 346. The summed E-state index contributed by atoms with van der Waals surface area (Å²) >= 11 is 5.32. The molecule has 0 amide bonds. The summed E-state index contributed by atoms with van der Waals surface area (Å²) in [5, 5.41) is 10.5. The number of imidazole rings is 1. The molecule has 0 saturated carbocycles. The van der Waals surface area contributed by atoms with E-state index >= 15 is 0 Å². The number of aromatic nitrogens is 2. The van der Waals surface area contributed by atoms with Crippen molar-refractivity contribution in [2.45, 2.75) is 13.5 Å². The first-order chi connectivity index (χ1) is 6.16. The summed E-state index contributed by atoms with van der Waals surface area (Å²) in [6.45, 7) is 2.07. The number of allylic oxidation sites excluding steroid dienone is 1. The van der Waals surface area contributed by atoms with Gasteiger partial charge in [-0.05, 0) is 11.0 Å². The number of nitro groups is 1. The first-order valence-corrected chi connectivity index (χ1v) is 4.02. The Balaban J connectivity index is 3.01. The van der Waals surface area contributed by atoms with Crippen LogP contribution in [-0.2, 0) is 6.54 Å². The van der Waals surface area contributed by atoms with Gasteiger partial charge >= 0.3 is 5.82 Å². The van der Waals surface area contributed by atoms with Gasteiger partial charge in [-0.25, -0.2) is 9.55 Å². The first kappa shape index (κ1) is 9.73. The summed E-state index contributed by atoms with van der Waals surface area (Å²) in [5.74, 6) is 0.578. The largest absolute Gasteiger partial charge is 0.358 e. The van der Waals surface area contributed by atoms with Crippen LogP contribution < -0.4 is 0 Å². The maximum atomic E-state index is 10.5. The van der Waals surface area contributed by atoms with Crippen LogP contribution in [0.5, 0.6) is 0 Å². The van der Waals surface area contributed by atoms with Crippen molar-refractivity contribution in [1.29, 1.82) is 0 Å². The number of aryl methyl sites for hydroxylation is 1. The van der Waals surface area contributed by atoms with E-state index in [4.69, 9.17) is 11.6 Å². The Morgan fingerprint density at radius 1 is 1.85 bits per heavy atom. The zero-order valence-electron chi connectivity index (χ0n) is 6.98. The van der Waals surface area contributed by atoms with E-state index in [0.717, 1.165) is 0 Å². The molecule has 0 spiro atoms. The van der Waals surface area contributed by atoms with E-state index < -0.39 is 4.92 Å². The summed E-state index contributed by atoms with van der Waals surface area (Å²) in [7, 11) is 0. The molecule has 6 heteroatoms. The third-order valence-electron chi connectivity index (χ3n) is 1.60. The fraction of sp³-hybridized carbons (Fsp3) is 0.286. The maximum absolute atomic E-state index is 10.5. The van der Waals surface area contributed by atoms with Gasteiger partial charge in [0.1, 0.15) is 12.7 Å². The molecule has 0 radical (unpaired) electrons. The van der Waals surface area contributed by atoms with E-state index in [0.29, 0.717) is 12.4 Å². The molecule has 0 aliphatic heterocycles. The highest BCUT2D eigenvalue weighted by Gasteiger charge is 2.15. The minimum atomic E-state index is -0.470. The van der Waals surface area contributed by atoms with Gasteiger partial charge < -0.3 is 10.1 Å². The number of hydrogen-bond acceptors (Lipinski definition) is 3. The highest BCUT2D eigenvalue weighted by atomic mass is 35.5. The Morgan fingerprint density at radius 2 is 2.54 bits per heavy atom. The lowest BCUT2D eigenvalue weighted by Crippen LogP contribution is -2.03. The second-order valence-electron chi connectivity index (χ2n) is 2.39. The van der Waals surface area contributed by atoms with Gasteiger partial charge in [-0.1, -0.05) is 11.6 Å². The molecule has 0 unspecified atom stereocenters. The Kier molecular flexibility index (Phi) is 3.02. The fourth-order valence-corrected chi connectivity index (χ4v) is 1.05. The minimum Gasteiger partial charge on any atom is -0.358 e. The summed E-state index contributed by atoms with van der Waals surface area (Å²) < 4.78 is 1.47. The third kappa shape index (κ3) is 2.06. The van der Waals surface area contributed by atoms with Crippen LogP contribution in [0.15, 0.2) is 17.8 Å². The Hall–Kier alpha value is -1.36. The Morgan fingerprint density at radius 3 is 3.08 bits per heavy atom. The van der Waals surface area contributed by atoms with E-state index in [1.165, 1.54) is 16.3 Å². The van der Waals surface area contributed by atoms with Crippen LogP contribution in [0.4, 0.5) is 5.82 Å². The molecule has 70 valence electrons. The van der Waals surface area contributed by atoms with Crippen molar-refractivity contribution >= 4 is 17.4 Å². The molecular formula is C7H8ClN3O2. The van der Waals surface area contributed by atoms with Crippen LogP contribution in [0.1, 0.15) is 5.82 Å². The molecule has 0 aliphatic carbocycles. The van der Waals surface area contributed by atoms with E-state index in [2.05, 4.69) is 4.98 Å². The Labute approximate surface area is 79.8 Å². The van der Waals surface area contributed by atoms with Crippen LogP contribution >= 0.6 is 11.6 Å². The normalized spacial score (nSPS) is 10.9. The van der Waals surface area contributed by atoms with Crippen LogP contribution in [0.2, 0.25) is 0 Å². The molecule has 1 rings (SSSR count). The fourth-order valence-electron chi connectivity index (χ4n) is 0.973. The predicted octanol–water partition coefficient (Wildman–Crippen LogP) is 1.85. The first-order valence-electron chi connectivity index (χ1n) is 3.58. The second kappa shape index (κ2) is 4.04. The monoisotopic (exact) mass is 201 g/mol. The zero-order valence-corrected chi connectivity index (χ0v) is 7.73. The summed E-state index contributed by atoms with van der Waals surface area (Å²) in [6.07, 6.45) is 2.85. The van der Waals surface area contributed by atoms with Crippen molar-refractivity contribution in [3.8, 4) is 0 Å². The molecule has 0 bridgehead atoms. The topological polar surface area (TPSA) is 61.0 Å². The van der Waals surface area contributed by atoms with Crippen molar-refractivity contribution in [1.82, 2.24) is 9.55 Å². The lowest BCUT2D eigenvalue weighted by molar-refractivity contribution is -0.392. The number of rotatable bonds is 3. The van der Waals surface area contributed by atoms with Crippen LogP contribution in [0, 0.1) is 17.0 Å². The smallest absolute Gasteiger partial charge is 0.343 e. The maximum Gasteiger partial charge on any atom is 0.343 e. The summed E-state index contributed by atoms with van der Waals surface area (Å²) in [4.78, 5) is 13.9. The third-order valence-corrected chi connectivity index (χ3v) is 1.78. The molecule has 0 atom stereocenters. The van der Waals surface area contributed by atoms with E-state index in [1.807, 2.05) is 0 Å². The molecule has 5 nitrogen and oxygen atoms in total. The molecule has 0 N–H and O–H groups in total. The van der Waals surface area contributed by atoms with Crippen LogP contribution in [-0.4, -0.2) is 14.5 Å². The minimum absolute atomic E-state index is 0.0210. The van der Waals surface area contributed by atoms with Gasteiger partial charge in [0.05, 0.1) is 0 Å². The van der Waals surface area contributed by atoms with E-state index in [9.17, 15) is 10.1 Å². The van der Waals surface area contributed by atoms with Gasteiger partial charge in [-0.15, -0.1) is 0 Å². The van der Waals surface area contributed by atoms with Crippen LogP contribution in [0.25, 0.3) is 0 Å². The quantitative estimate of drug-likeness (QED) is 0.554. The predicted molar refractivity (Wildman–Crippen MR) is 48.6 cm³/mol. The van der Waals surface area contributed by atoms with E-state index in [-0.39, 0.29) is 5.82 Å². The van der Waals surface area contributed by atoms with Gasteiger partial charge in [0, 0.05) is 12.5 Å². The summed E-state index contributed by atoms with van der Waals surface area (Å²) in [5.41, 5.74) is 1.32. The van der Waals surface area contributed by atoms with Gasteiger partial charge in [0.2, 0.25) is 0 Å². The molecule has 1 aromatic rings. The number of hydrogen-bond donors (Lipinski definition) is 0. The number of nitrogens with zero attached hydrogens (tertiary/aromatic N) is 3. The van der Waals surface area contributed by atoms with Crippen molar-refractivity contribution in [2.24, 2.45) is 0 Å².